The lowest BCUT2D eigenvalue weighted by molar-refractivity contribution is -0.117. The van der Waals surface area contributed by atoms with Crippen molar-refractivity contribution >= 4 is 5.91 Å². The SMILES string of the molecule is CN[CH]C(=O)NC. The van der Waals surface area contributed by atoms with Gasteiger partial charge in [-0.25, -0.2) is 0 Å². The van der Waals surface area contributed by atoms with Gasteiger partial charge in [-0.3, -0.25) is 4.79 Å². The van der Waals surface area contributed by atoms with Crippen LogP contribution in [-0.4, -0.2) is 20.0 Å². The zero-order chi connectivity index (χ0) is 5.70. The summed E-state index contributed by atoms with van der Waals surface area (Å²) in [5, 5.41) is 4.99. The Morgan fingerprint density at radius 2 is 2.14 bits per heavy atom. The van der Waals surface area contributed by atoms with E-state index >= 15 is 0 Å². The maximum absolute atomic E-state index is 10.2. The molecule has 0 aliphatic heterocycles. The summed E-state index contributed by atoms with van der Waals surface area (Å²) in [5.74, 6) is -0.109. The molecule has 0 aromatic heterocycles. The van der Waals surface area contributed by atoms with E-state index in [9.17, 15) is 4.79 Å². The van der Waals surface area contributed by atoms with E-state index in [1.54, 1.807) is 14.1 Å². The third kappa shape index (κ3) is 3.26. The normalized spacial score (nSPS) is 8.29. The molecule has 7 heavy (non-hydrogen) atoms. The lowest BCUT2D eigenvalue weighted by Crippen LogP contribution is -2.23. The fraction of sp³-hybridized carbons (Fsp3) is 0.500. The van der Waals surface area contributed by atoms with Crippen LogP contribution in [0.25, 0.3) is 0 Å². The molecule has 0 fully saturated rings. The Balaban J connectivity index is 3.00. The van der Waals surface area contributed by atoms with Gasteiger partial charge >= 0.3 is 0 Å². The molecule has 0 aromatic rings. The lowest BCUT2D eigenvalue weighted by atomic mass is 10.6. The smallest absolute Gasteiger partial charge is 0.239 e. The van der Waals surface area contributed by atoms with Crippen molar-refractivity contribution in [3.8, 4) is 0 Å². The molecular formula is C4H9N2O. The van der Waals surface area contributed by atoms with Gasteiger partial charge in [0.25, 0.3) is 0 Å². The molecule has 0 aliphatic carbocycles. The summed E-state index contributed by atoms with van der Waals surface area (Å²) in [6.07, 6.45) is 0. The number of hydrogen-bond acceptors (Lipinski definition) is 2. The van der Waals surface area contributed by atoms with Crippen LogP contribution in [0.2, 0.25) is 0 Å². The van der Waals surface area contributed by atoms with Gasteiger partial charge < -0.3 is 10.6 Å². The van der Waals surface area contributed by atoms with E-state index < -0.39 is 0 Å². The van der Waals surface area contributed by atoms with E-state index in [1.807, 2.05) is 0 Å². The molecule has 1 radical (unpaired) electrons. The first kappa shape index (κ1) is 6.43. The van der Waals surface area contributed by atoms with E-state index in [0.29, 0.717) is 0 Å². The number of carbonyl (C=O) groups is 1. The van der Waals surface area contributed by atoms with Gasteiger partial charge in [0.2, 0.25) is 5.91 Å². The van der Waals surface area contributed by atoms with E-state index in [1.165, 1.54) is 6.54 Å². The Morgan fingerprint density at radius 1 is 1.57 bits per heavy atom. The van der Waals surface area contributed by atoms with Crippen LogP contribution in [0.3, 0.4) is 0 Å². The number of rotatable bonds is 2. The monoisotopic (exact) mass is 101 g/mol. The molecule has 0 bridgehead atoms. The largest absolute Gasteiger partial charge is 0.358 e. The molecule has 2 N–H and O–H groups in total. The summed E-state index contributed by atoms with van der Waals surface area (Å²) in [5.41, 5.74) is 0. The second-order valence-corrected chi connectivity index (χ2v) is 1.05. The lowest BCUT2D eigenvalue weighted by Gasteiger charge is -1.92. The van der Waals surface area contributed by atoms with Crippen molar-refractivity contribution in [1.82, 2.24) is 10.6 Å². The molecule has 0 aromatic carbocycles. The second-order valence-electron chi connectivity index (χ2n) is 1.05. The molecule has 3 nitrogen and oxygen atoms in total. The topological polar surface area (TPSA) is 41.1 Å². The van der Waals surface area contributed by atoms with E-state index in [-0.39, 0.29) is 5.91 Å². The molecule has 0 spiro atoms. The minimum Gasteiger partial charge on any atom is -0.358 e. The number of carbonyl (C=O) groups excluding carboxylic acids is 1. The van der Waals surface area contributed by atoms with Gasteiger partial charge in [-0.05, 0) is 7.05 Å². The van der Waals surface area contributed by atoms with E-state index in [0.717, 1.165) is 0 Å². The molecule has 0 saturated carbocycles. The molecule has 0 heterocycles. The molecule has 0 atom stereocenters. The highest BCUT2D eigenvalue weighted by molar-refractivity contribution is 5.83. The predicted molar refractivity (Wildman–Crippen MR) is 27.4 cm³/mol. The average molecular weight is 101 g/mol. The van der Waals surface area contributed by atoms with Crippen LogP contribution < -0.4 is 10.6 Å². The van der Waals surface area contributed by atoms with Crippen molar-refractivity contribution in [3.05, 3.63) is 6.54 Å². The molecule has 0 unspecified atom stereocenters. The Kier molecular flexibility index (Phi) is 3.32. The molecule has 1 amide bonds. The summed E-state index contributed by atoms with van der Waals surface area (Å²) in [6, 6.07) is 0. The maximum Gasteiger partial charge on any atom is 0.239 e. The first-order valence-corrected chi connectivity index (χ1v) is 2.03. The second kappa shape index (κ2) is 3.61. The molecule has 41 valence electrons. The van der Waals surface area contributed by atoms with Gasteiger partial charge in [0, 0.05) is 7.05 Å². The van der Waals surface area contributed by atoms with Crippen LogP contribution in [0.4, 0.5) is 0 Å². The van der Waals surface area contributed by atoms with Crippen LogP contribution in [-0.2, 0) is 4.79 Å². The number of hydrogen-bond donors (Lipinski definition) is 2. The molecule has 0 aliphatic rings. The van der Waals surface area contributed by atoms with Crippen molar-refractivity contribution in [1.29, 1.82) is 0 Å². The van der Waals surface area contributed by atoms with Crippen molar-refractivity contribution in [2.24, 2.45) is 0 Å². The zero-order valence-corrected chi connectivity index (χ0v) is 4.49. The highest BCUT2D eigenvalue weighted by atomic mass is 16.1. The Hall–Kier alpha value is -0.570. The third-order valence-corrected chi connectivity index (χ3v) is 0.522. The van der Waals surface area contributed by atoms with Crippen LogP contribution in [0.5, 0.6) is 0 Å². The van der Waals surface area contributed by atoms with E-state index in [2.05, 4.69) is 10.6 Å². The van der Waals surface area contributed by atoms with Gasteiger partial charge in [0.1, 0.15) is 6.54 Å². The average Bonchev–Trinajstić information content (AvgIpc) is 1.68. The Labute approximate surface area is 43.1 Å². The standard InChI is InChI=1S/C4H9N2O/c1-5-3-4(7)6-2/h3,5H,1-2H3,(H,6,7). The van der Waals surface area contributed by atoms with E-state index in [4.69, 9.17) is 0 Å². The fourth-order valence-corrected chi connectivity index (χ4v) is 0.203. The van der Waals surface area contributed by atoms with Gasteiger partial charge in [-0.2, -0.15) is 0 Å². The van der Waals surface area contributed by atoms with Gasteiger partial charge in [-0.15, -0.1) is 0 Å². The third-order valence-electron chi connectivity index (χ3n) is 0.522. The fourth-order valence-electron chi connectivity index (χ4n) is 0.203. The van der Waals surface area contributed by atoms with Crippen molar-refractivity contribution in [3.63, 3.8) is 0 Å². The van der Waals surface area contributed by atoms with Crippen LogP contribution in [0, 0.1) is 6.54 Å². The van der Waals surface area contributed by atoms with Gasteiger partial charge in [0.05, 0.1) is 0 Å². The summed E-state index contributed by atoms with van der Waals surface area (Å²) >= 11 is 0. The maximum atomic E-state index is 10.2. The minimum absolute atomic E-state index is 0.109. The molecule has 3 heteroatoms. The zero-order valence-electron chi connectivity index (χ0n) is 4.49. The van der Waals surface area contributed by atoms with Crippen LogP contribution in [0.1, 0.15) is 0 Å². The number of amides is 1. The summed E-state index contributed by atoms with van der Waals surface area (Å²) in [4.78, 5) is 10.2. The highest BCUT2D eigenvalue weighted by Gasteiger charge is 1.90. The van der Waals surface area contributed by atoms with Crippen LogP contribution in [0.15, 0.2) is 0 Å². The predicted octanol–water partition coefficient (Wildman–Crippen LogP) is -0.886. The van der Waals surface area contributed by atoms with Crippen LogP contribution >= 0.6 is 0 Å². The highest BCUT2D eigenvalue weighted by Crippen LogP contribution is 1.61. The Bertz CT molecular complexity index is 62.7. The summed E-state index contributed by atoms with van der Waals surface area (Å²) in [7, 11) is 3.26. The molecule has 0 rings (SSSR count). The molecule has 0 saturated heterocycles. The number of nitrogens with one attached hydrogen (secondary N) is 2. The molecular weight excluding hydrogens is 92.1 g/mol. The van der Waals surface area contributed by atoms with Gasteiger partial charge in [-0.1, -0.05) is 0 Å². The quantitative estimate of drug-likeness (QED) is 0.474. The Morgan fingerprint density at radius 3 is 2.29 bits per heavy atom. The summed E-state index contributed by atoms with van der Waals surface area (Å²) in [6.45, 7) is 1.35. The number of likely N-dealkylation sites (N-methyl/N-ethyl adjacent to an activating group) is 2. The first-order chi connectivity index (χ1) is 3.31. The minimum atomic E-state index is -0.109. The van der Waals surface area contributed by atoms with Crippen molar-refractivity contribution < 1.29 is 4.79 Å². The summed E-state index contributed by atoms with van der Waals surface area (Å²) < 4.78 is 0. The van der Waals surface area contributed by atoms with Crippen molar-refractivity contribution in [2.45, 2.75) is 0 Å². The first-order valence-electron chi connectivity index (χ1n) is 2.03. The van der Waals surface area contributed by atoms with Gasteiger partial charge in [0.15, 0.2) is 0 Å². The van der Waals surface area contributed by atoms with Crippen molar-refractivity contribution in [2.75, 3.05) is 14.1 Å².